The van der Waals surface area contributed by atoms with Crippen LogP contribution in [0.5, 0.6) is 0 Å². The Balaban J connectivity index is 2.40. The summed E-state index contributed by atoms with van der Waals surface area (Å²) < 4.78 is 0. The molecule has 0 aliphatic heterocycles. The number of rotatable bonds is 5. The van der Waals surface area contributed by atoms with Crippen LogP contribution >= 0.6 is 11.6 Å². The van der Waals surface area contributed by atoms with Gasteiger partial charge in [-0.2, -0.15) is 0 Å². The highest BCUT2D eigenvalue weighted by atomic mass is 35.5. The van der Waals surface area contributed by atoms with Crippen molar-refractivity contribution in [2.24, 2.45) is 5.73 Å². The summed E-state index contributed by atoms with van der Waals surface area (Å²) in [5.74, 6) is 0. The highest BCUT2D eigenvalue weighted by Crippen LogP contribution is 2.44. The van der Waals surface area contributed by atoms with Crippen molar-refractivity contribution in [3.8, 4) is 0 Å². The third-order valence-corrected chi connectivity index (χ3v) is 5.08. The van der Waals surface area contributed by atoms with E-state index in [1.807, 2.05) is 30.3 Å². The summed E-state index contributed by atoms with van der Waals surface area (Å²) in [5.41, 5.74) is 9.67. The third kappa shape index (κ3) is 2.75. The van der Waals surface area contributed by atoms with Gasteiger partial charge in [0.15, 0.2) is 0 Å². The molecule has 2 heteroatoms. The van der Waals surface area contributed by atoms with E-state index in [0.29, 0.717) is 0 Å². The van der Waals surface area contributed by atoms with E-state index in [1.165, 1.54) is 11.1 Å². The molecule has 0 aliphatic rings. The Labute approximate surface area is 149 Å². The van der Waals surface area contributed by atoms with Gasteiger partial charge in [-0.25, -0.2) is 0 Å². The summed E-state index contributed by atoms with van der Waals surface area (Å²) in [6.45, 7) is 2.13. The largest absolute Gasteiger partial charge is 0.326 e. The van der Waals surface area contributed by atoms with Gasteiger partial charge in [-0.05, 0) is 29.2 Å². The van der Waals surface area contributed by atoms with E-state index < -0.39 is 5.41 Å². The van der Waals surface area contributed by atoms with Gasteiger partial charge in [0.25, 0.3) is 0 Å². The lowest BCUT2D eigenvalue weighted by molar-refractivity contribution is 0.462. The molecule has 0 aromatic heterocycles. The Morgan fingerprint density at radius 3 is 1.71 bits per heavy atom. The standard InChI is InChI=1S/C22H22ClN/c1-2-21(24)22(17-11-5-3-6-12-17,18-13-7-4-8-14-18)19-15-9-10-16-20(19)23/h3-16,21H,2,24H2,1H3. The minimum absolute atomic E-state index is 0.0952. The van der Waals surface area contributed by atoms with E-state index in [0.717, 1.165) is 17.0 Å². The maximum atomic E-state index is 6.76. The number of hydrogen-bond donors (Lipinski definition) is 1. The van der Waals surface area contributed by atoms with Gasteiger partial charge in [0.1, 0.15) is 0 Å². The van der Waals surface area contributed by atoms with Crippen molar-refractivity contribution in [2.75, 3.05) is 0 Å². The van der Waals surface area contributed by atoms with Crippen molar-refractivity contribution in [1.82, 2.24) is 0 Å². The van der Waals surface area contributed by atoms with Crippen molar-refractivity contribution in [1.29, 1.82) is 0 Å². The fraction of sp³-hybridized carbons (Fsp3) is 0.182. The normalized spacial score (nSPS) is 12.8. The van der Waals surface area contributed by atoms with Gasteiger partial charge in [0.2, 0.25) is 0 Å². The average Bonchev–Trinajstić information content (AvgIpc) is 2.65. The second-order valence-electron chi connectivity index (χ2n) is 6.03. The summed E-state index contributed by atoms with van der Waals surface area (Å²) in [4.78, 5) is 0. The van der Waals surface area contributed by atoms with Crippen LogP contribution in [0.2, 0.25) is 5.02 Å². The molecule has 0 saturated heterocycles. The second kappa shape index (κ2) is 7.21. The molecule has 24 heavy (non-hydrogen) atoms. The zero-order valence-corrected chi connectivity index (χ0v) is 14.6. The molecule has 1 atom stereocenters. The Kier molecular flexibility index (Phi) is 5.03. The number of nitrogens with two attached hydrogens (primary N) is 1. The molecule has 0 bridgehead atoms. The Bertz CT molecular complexity index is 744. The van der Waals surface area contributed by atoms with Crippen LogP contribution in [0, 0.1) is 0 Å². The molecule has 0 spiro atoms. The molecule has 0 heterocycles. The third-order valence-electron chi connectivity index (χ3n) is 4.75. The number of hydrogen-bond acceptors (Lipinski definition) is 1. The first kappa shape index (κ1) is 16.8. The highest BCUT2D eigenvalue weighted by molar-refractivity contribution is 6.31. The topological polar surface area (TPSA) is 26.0 Å². The van der Waals surface area contributed by atoms with Gasteiger partial charge in [-0.3, -0.25) is 0 Å². The van der Waals surface area contributed by atoms with Gasteiger partial charge >= 0.3 is 0 Å². The van der Waals surface area contributed by atoms with E-state index in [-0.39, 0.29) is 6.04 Å². The van der Waals surface area contributed by atoms with Crippen molar-refractivity contribution in [2.45, 2.75) is 24.8 Å². The Morgan fingerprint density at radius 2 is 1.25 bits per heavy atom. The zero-order valence-electron chi connectivity index (χ0n) is 13.8. The molecule has 122 valence electrons. The molecule has 3 aromatic carbocycles. The van der Waals surface area contributed by atoms with Gasteiger partial charge in [0.05, 0.1) is 5.41 Å². The maximum Gasteiger partial charge on any atom is 0.0616 e. The van der Waals surface area contributed by atoms with Crippen LogP contribution in [-0.2, 0) is 5.41 Å². The van der Waals surface area contributed by atoms with Gasteiger partial charge in [0, 0.05) is 11.1 Å². The smallest absolute Gasteiger partial charge is 0.0616 e. The quantitative estimate of drug-likeness (QED) is 0.620. The summed E-state index contributed by atoms with van der Waals surface area (Å²) in [5, 5.41) is 0.745. The van der Waals surface area contributed by atoms with Crippen molar-refractivity contribution < 1.29 is 0 Å². The average molecular weight is 336 g/mol. The predicted molar refractivity (Wildman–Crippen MR) is 102 cm³/mol. The first-order valence-electron chi connectivity index (χ1n) is 8.33. The molecular formula is C22H22ClN. The van der Waals surface area contributed by atoms with Gasteiger partial charge < -0.3 is 5.73 Å². The number of benzene rings is 3. The van der Waals surface area contributed by atoms with Gasteiger partial charge in [-0.1, -0.05) is 97.4 Å². The Hall–Kier alpha value is -2.09. The van der Waals surface area contributed by atoms with Crippen LogP contribution in [0.3, 0.4) is 0 Å². The molecule has 0 radical (unpaired) electrons. The summed E-state index contributed by atoms with van der Waals surface area (Å²) in [6, 6.07) is 28.8. The van der Waals surface area contributed by atoms with Crippen LogP contribution in [0.1, 0.15) is 30.0 Å². The molecule has 0 saturated carbocycles. The molecule has 0 fully saturated rings. The lowest BCUT2D eigenvalue weighted by atomic mass is 9.64. The lowest BCUT2D eigenvalue weighted by Gasteiger charge is -2.41. The fourth-order valence-electron chi connectivity index (χ4n) is 3.59. The molecular weight excluding hydrogens is 314 g/mol. The zero-order chi connectivity index (χ0) is 17.0. The molecule has 1 unspecified atom stereocenters. The van der Waals surface area contributed by atoms with Crippen LogP contribution in [0.25, 0.3) is 0 Å². The first-order chi connectivity index (χ1) is 11.7. The SMILES string of the molecule is CCC(N)C(c1ccccc1)(c1ccccc1)c1ccccc1Cl. The molecule has 2 N–H and O–H groups in total. The molecule has 3 rings (SSSR count). The van der Waals surface area contributed by atoms with Crippen molar-refractivity contribution in [3.05, 3.63) is 107 Å². The van der Waals surface area contributed by atoms with E-state index in [1.54, 1.807) is 0 Å². The molecule has 3 aromatic rings. The summed E-state index contributed by atoms with van der Waals surface area (Å²) in [7, 11) is 0. The minimum atomic E-state index is -0.477. The van der Waals surface area contributed by atoms with Crippen LogP contribution < -0.4 is 5.73 Å². The van der Waals surface area contributed by atoms with Crippen molar-refractivity contribution >= 4 is 11.6 Å². The van der Waals surface area contributed by atoms with Crippen LogP contribution in [-0.4, -0.2) is 6.04 Å². The van der Waals surface area contributed by atoms with E-state index in [4.69, 9.17) is 17.3 Å². The molecule has 0 amide bonds. The summed E-state index contributed by atoms with van der Waals surface area (Å²) in [6.07, 6.45) is 0.842. The second-order valence-corrected chi connectivity index (χ2v) is 6.44. The Morgan fingerprint density at radius 1 is 0.792 bits per heavy atom. The molecule has 0 aliphatic carbocycles. The first-order valence-corrected chi connectivity index (χ1v) is 8.70. The minimum Gasteiger partial charge on any atom is -0.326 e. The van der Waals surface area contributed by atoms with Crippen molar-refractivity contribution in [3.63, 3.8) is 0 Å². The van der Waals surface area contributed by atoms with Crippen LogP contribution in [0.15, 0.2) is 84.9 Å². The monoisotopic (exact) mass is 335 g/mol. The molecule has 1 nitrogen and oxygen atoms in total. The fourth-order valence-corrected chi connectivity index (χ4v) is 3.88. The predicted octanol–water partition coefficient (Wildman–Crippen LogP) is 5.41. The summed E-state index contributed by atoms with van der Waals surface area (Å²) >= 11 is 6.65. The van der Waals surface area contributed by atoms with E-state index in [2.05, 4.69) is 61.5 Å². The highest BCUT2D eigenvalue weighted by Gasteiger charge is 2.42. The number of halogens is 1. The maximum absolute atomic E-state index is 6.76. The van der Waals surface area contributed by atoms with Gasteiger partial charge in [-0.15, -0.1) is 0 Å². The van der Waals surface area contributed by atoms with E-state index in [9.17, 15) is 0 Å². The van der Waals surface area contributed by atoms with E-state index >= 15 is 0 Å². The van der Waals surface area contributed by atoms with Crippen LogP contribution in [0.4, 0.5) is 0 Å². The lowest BCUT2D eigenvalue weighted by Crippen LogP contribution is -2.47.